The summed E-state index contributed by atoms with van der Waals surface area (Å²) in [5, 5.41) is 11.4. The van der Waals surface area contributed by atoms with Crippen LogP contribution in [0.5, 0.6) is 0 Å². The molecule has 1 amide bonds. The predicted octanol–water partition coefficient (Wildman–Crippen LogP) is 0.779. The number of hydrogen-bond donors (Lipinski definition) is 3. The van der Waals surface area contributed by atoms with Crippen molar-refractivity contribution in [1.29, 1.82) is 0 Å². The lowest BCUT2D eigenvalue weighted by atomic mass is 10.3. The third-order valence-corrected chi connectivity index (χ3v) is 2.63. The number of hydrazine groups is 1. The molecule has 0 aliphatic rings. The van der Waals surface area contributed by atoms with Crippen LogP contribution in [0, 0.1) is 6.92 Å². The van der Waals surface area contributed by atoms with E-state index in [9.17, 15) is 4.79 Å². The van der Waals surface area contributed by atoms with Gasteiger partial charge in [0.25, 0.3) is 5.91 Å². The molecule has 2 aromatic heterocycles. The van der Waals surface area contributed by atoms with Crippen LogP contribution in [-0.2, 0) is 0 Å². The van der Waals surface area contributed by atoms with E-state index in [0.717, 1.165) is 5.01 Å². The Morgan fingerprint density at radius 3 is 2.88 bits per heavy atom. The van der Waals surface area contributed by atoms with Crippen LogP contribution in [0.15, 0.2) is 18.2 Å². The molecule has 0 saturated carbocycles. The first-order valence-corrected chi connectivity index (χ1v) is 5.56. The number of nitrogens with zero attached hydrogens (tertiary/aromatic N) is 3. The van der Waals surface area contributed by atoms with Crippen molar-refractivity contribution < 1.29 is 4.79 Å². The van der Waals surface area contributed by atoms with Crippen LogP contribution in [0.1, 0.15) is 15.5 Å². The van der Waals surface area contributed by atoms with Gasteiger partial charge in [-0.15, -0.1) is 10.2 Å². The Labute approximate surface area is 101 Å². The second-order valence-electron chi connectivity index (χ2n) is 3.13. The maximum Gasteiger partial charge on any atom is 0.276 e. The first-order chi connectivity index (χ1) is 8.19. The SMILES string of the molecule is Cc1nnc(NC(=O)c2cccc(NN)n2)s1. The van der Waals surface area contributed by atoms with E-state index in [1.54, 1.807) is 18.2 Å². The van der Waals surface area contributed by atoms with Gasteiger partial charge in [-0.3, -0.25) is 10.1 Å². The average Bonchev–Trinajstić information content (AvgIpc) is 2.75. The van der Waals surface area contributed by atoms with E-state index >= 15 is 0 Å². The van der Waals surface area contributed by atoms with Gasteiger partial charge in [-0.1, -0.05) is 17.4 Å². The van der Waals surface area contributed by atoms with Gasteiger partial charge in [0.05, 0.1) is 0 Å². The van der Waals surface area contributed by atoms with E-state index in [4.69, 9.17) is 5.84 Å². The minimum atomic E-state index is -0.349. The predicted molar refractivity (Wildman–Crippen MR) is 64.6 cm³/mol. The highest BCUT2D eigenvalue weighted by molar-refractivity contribution is 7.15. The van der Waals surface area contributed by atoms with Crippen molar-refractivity contribution in [3.05, 3.63) is 28.9 Å². The maximum atomic E-state index is 11.8. The van der Waals surface area contributed by atoms with Crippen molar-refractivity contribution >= 4 is 28.2 Å². The number of nitrogens with two attached hydrogens (primary N) is 1. The molecule has 2 heterocycles. The molecule has 0 fully saturated rings. The molecule has 88 valence electrons. The van der Waals surface area contributed by atoms with Crippen LogP contribution in [-0.4, -0.2) is 21.1 Å². The fourth-order valence-electron chi connectivity index (χ4n) is 1.15. The summed E-state index contributed by atoms with van der Waals surface area (Å²) in [4.78, 5) is 15.8. The first kappa shape index (κ1) is 11.4. The van der Waals surface area contributed by atoms with Gasteiger partial charge in [-0.05, 0) is 19.1 Å². The molecule has 0 unspecified atom stereocenters. The third-order valence-electron chi connectivity index (χ3n) is 1.88. The number of nitrogen functional groups attached to an aromatic ring is 1. The fraction of sp³-hybridized carbons (Fsp3) is 0.111. The second-order valence-corrected chi connectivity index (χ2v) is 4.31. The van der Waals surface area contributed by atoms with Crippen LogP contribution < -0.4 is 16.6 Å². The molecule has 0 radical (unpaired) electrons. The highest BCUT2D eigenvalue weighted by Crippen LogP contribution is 2.14. The summed E-state index contributed by atoms with van der Waals surface area (Å²) < 4.78 is 0. The summed E-state index contributed by atoms with van der Waals surface area (Å²) in [5.74, 6) is 5.28. The van der Waals surface area contributed by atoms with Crippen molar-refractivity contribution in [2.45, 2.75) is 6.92 Å². The smallest absolute Gasteiger partial charge is 0.276 e. The van der Waals surface area contributed by atoms with Crippen molar-refractivity contribution in [3.8, 4) is 0 Å². The second kappa shape index (κ2) is 4.85. The zero-order valence-corrected chi connectivity index (χ0v) is 9.78. The van der Waals surface area contributed by atoms with Crippen molar-refractivity contribution in [2.24, 2.45) is 5.84 Å². The Morgan fingerprint density at radius 2 is 2.24 bits per heavy atom. The Kier molecular flexibility index (Phi) is 3.26. The van der Waals surface area contributed by atoms with Gasteiger partial charge in [0.1, 0.15) is 16.5 Å². The molecular formula is C9H10N6OS. The van der Waals surface area contributed by atoms with Gasteiger partial charge in [-0.25, -0.2) is 10.8 Å². The number of rotatable bonds is 3. The van der Waals surface area contributed by atoms with E-state index in [-0.39, 0.29) is 11.6 Å². The van der Waals surface area contributed by atoms with Crippen molar-refractivity contribution in [2.75, 3.05) is 10.7 Å². The van der Waals surface area contributed by atoms with E-state index < -0.39 is 0 Å². The van der Waals surface area contributed by atoms with Crippen LogP contribution in [0.3, 0.4) is 0 Å². The van der Waals surface area contributed by atoms with Gasteiger partial charge in [-0.2, -0.15) is 0 Å². The fourth-order valence-corrected chi connectivity index (χ4v) is 1.74. The maximum absolute atomic E-state index is 11.8. The lowest BCUT2D eigenvalue weighted by molar-refractivity contribution is 0.102. The standard InChI is InChI=1S/C9H10N6OS/c1-5-14-15-9(17-5)12-8(16)6-3-2-4-7(11-6)13-10/h2-4H,10H2,1H3,(H,11,13)(H,12,15,16). The number of aryl methyl sites for hydroxylation is 1. The number of carbonyl (C=O) groups is 1. The van der Waals surface area contributed by atoms with E-state index in [1.165, 1.54) is 11.3 Å². The summed E-state index contributed by atoms with van der Waals surface area (Å²) in [6.07, 6.45) is 0. The Bertz CT molecular complexity index is 540. The molecule has 0 aliphatic heterocycles. The third kappa shape index (κ3) is 2.74. The quantitative estimate of drug-likeness (QED) is 0.549. The molecule has 0 atom stereocenters. The monoisotopic (exact) mass is 250 g/mol. The number of nitrogens with one attached hydrogen (secondary N) is 2. The molecule has 7 nitrogen and oxygen atoms in total. The minimum Gasteiger partial charge on any atom is -0.308 e. The highest BCUT2D eigenvalue weighted by atomic mass is 32.1. The molecule has 0 bridgehead atoms. The summed E-state index contributed by atoms with van der Waals surface area (Å²) in [7, 11) is 0. The van der Waals surface area contributed by atoms with Crippen LogP contribution in [0.4, 0.5) is 10.9 Å². The molecule has 4 N–H and O–H groups in total. The van der Waals surface area contributed by atoms with Crippen LogP contribution in [0.25, 0.3) is 0 Å². The normalized spacial score (nSPS) is 10.0. The number of pyridine rings is 1. The van der Waals surface area contributed by atoms with Crippen LogP contribution >= 0.6 is 11.3 Å². The number of carbonyl (C=O) groups excluding carboxylic acids is 1. The van der Waals surface area contributed by atoms with Gasteiger partial charge >= 0.3 is 0 Å². The molecule has 0 aromatic carbocycles. The molecule has 17 heavy (non-hydrogen) atoms. The summed E-state index contributed by atoms with van der Waals surface area (Å²) >= 11 is 1.30. The van der Waals surface area contributed by atoms with Crippen molar-refractivity contribution in [3.63, 3.8) is 0 Å². The van der Waals surface area contributed by atoms with E-state index in [0.29, 0.717) is 10.9 Å². The summed E-state index contributed by atoms with van der Waals surface area (Å²) in [6, 6.07) is 4.93. The first-order valence-electron chi connectivity index (χ1n) is 4.74. The van der Waals surface area contributed by atoms with Crippen LogP contribution in [0.2, 0.25) is 0 Å². The lowest BCUT2D eigenvalue weighted by Crippen LogP contribution is -2.16. The Morgan fingerprint density at radius 1 is 1.41 bits per heavy atom. The summed E-state index contributed by atoms with van der Waals surface area (Å²) in [5.41, 5.74) is 2.63. The van der Waals surface area contributed by atoms with E-state index in [1.807, 2.05) is 6.92 Å². The number of aromatic nitrogens is 3. The Hall–Kier alpha value is -2.06. The number of hydrogen-bond acceptors (Lipinski definition) is 7. The van der Waals surface area contributed by atoms with E-state index in [2.05, 4.69) is 25.9 Å². The minimum absolute atomic E-state index is 0.258. The summed E-state index contributed by atoms with van der Waals surface area (Å²) in [6.45, 7) is 1.81. The topological polar surface area (TPSA) is 106 Å². The van der Waals surface area contributed by atoms with Gasteiger partial charge < -0.3 is 5.43 Å². The van der Waals surface area contributed by atoms with Gasteiger partial charge in [0, 0.05) is 0 Å². The van der Waals surface area contributed by atoms with Gasteiger partial charge in [0.2, 0.25) is 5.13 Å². The molecule has 2 rings (SSSR count). The zero-order chi connectivity index (χ0) is 12.3. The molecule has 0 saturated heterocycles. The average molecular weight is 250 g/mol. The largest absolute Gasteiger partial charge is 0.308 e. The number of amides is 1. The number of anilines is 2. The highest BCUT2D eigenvalue weighted by Gasteiger charge is 2.10. The Balaban J connectivity index is 2.14. The molecule has 0 aliphatic carbocycles. The van der Waals surface area contributed by atoms with Crippen molar-refractivity contribution in [1.82, 2.24) is 15.2 Å². The van der Waals surface area contributed by atoms with Gasteiger partial charge in [0.15, 0.2) is 0 Å². The molecule has 0 spiro atoms. The molecule has 2 aromatic rings. The zero-order valence-electron chi connectivity index (χ0n) is 8.97. The molecular weight excluding hydrogens is 240 g/mol. The molecule has 8 heteroatoms. The lowest BCUT2D eigenvalue weighted by Gasteiger charge is -2.02.